The summed E-state index contributed by atoms with van der Waals surface area (Å²) >= 11 is 0. The molecular weight excluding hydrogens is 406 g/mol. The van der Waals surface area contributed by atoms with Crippen molar-refractivity contribution < 1.29 is 12.8 Å². The molecule has 0 aliphatic carbocycles. The molecule has 9 nitrogen and oxygen atoms in total. The molecule has 2 N–H and O–H groups in total. The number of sulfonamides is 1. The number of fused-ring (bicyclic) bond motifs is 2. The van der Waals surface area contributed by atoms with Gasteiger partial charge in [-0.2, -0.15) is 5.10 Å². The quantitative estimate of drug-likeness (QED) is 0.460. The maximum atomic E-state index is 12.8. The Morgan fingerprint density at radius 2 is 1.90 bits per heavy atom. The summed E-state index contributed by atoms with van der Waals surface area (Å²) in [5.41, 5.74) is 3.09. The maximum Gasteiger partial charge on any atom is 0.417 e. The predicted octanol–water partition coefficient (Wildman–Crippen LogP) is 2.96. The fourth-order valence-electron chi connectivity index (χ4n) is 3.26. The number of rotatable bonds is 4. The number of nitrogens with one attached hydrogen (secondary N) is 2. The first-order chi connectivity index (χ1) is 14.4. The van der Waals surface area contributed by atoms with Crippen molar-refractivity contribution in [3.8, 4) is 5.69 Å². The van der Waals surface area contributed by atoms with E-state index in [0.717, 1.165) is 16.8 Å². The Hall–Kier alpha value is -3.92. The van der Waals surface area contributed by atoms with Crippen LogP contribution in [0, 0.1) is 6.92 Å². The van der Waals surface area contributed by atoms with E-state index in [1.807, 2.05) is 37.3 Å². The van der Waals surface area contributed by atoms with E-state index < -0.39 is 15.8 Å². The molecule has 3 aromatic heterocycles. The lowest BCUT2D eigenvalue weighted by molar-refractivity contribution is 0.554. The van der Waals surface area contributed by atoms with Gasteiger partial charge in [-0.25, -0.2) is 22.9 Å². The Bertz CT molecular complexity index is 1570. The van der Waals surface area contributed by atoms with E-state index in [2.05, 4.69) is 19.8 Å². The van der Waals surface area contributed by atoms with Gasteiger partial charge in [0.2, 0.25) is 0 Å². The van der Waals surface area contributed by atoms with Gasteiger partial charge in [-0.1, -0.05) is 18.2 Å². The van der Waals surface area contributed by atoms with Crippen LogP contribution in [0.3, 0.4) is 0 Å². The smallest absolute Gasteiger partial charge is 0.408 e. The molecule has 0 aliphatic heterocycles. The first-order valence-electron chi connectivity index (χ1n) is 8.97. The van der Waals surface area contributed by atoms with Gasteiger partial charge in [0.05, 0.1) is 33.7 Å². The molecule has 5 rings (SSSR count). The monoisotopic (exact) mass is 421 g/mol. The minimum Gasteiger partial charge on any atom is -0.408 e. The zero-order chi connectivity index (χ0) is 20.9. The van der Waals surface area contributed by atoms with Crippen LogP contribution in [0.5, 0.6) is 0 Å². The average Bonchev–Trinajstić information content (AvgIpc) is 3.26. The van der Waals surface area contributed by atoms with Crippen LogP contribution in [-0.2, 0) is 10.0 Å². The summed E-state index contributed by atoms with van der Waals surface area (Å²) in [7, 11) is -3.92. The third kappa shape index (κ3) is 3.03. The van der Waals surface area contributed by atoms with Crippen LogP contribution in [0.4, 0.5) is 5.69 Å². The number of pyridine rings is 1. The number of benzene rings is 2. The van der Waals surface area contributed by atoms with Crippen molar-refractivity contribution in [1.29, 1.82) is 0 Å². The number of aromatic nitrogens is 4. The number of anilines is 1. The Labute approximate surface area is 170 Å². The molecule has 0 saturated carbocycles. The highest BCUT2D eigenvalue weighted by atomic mass is 32.2. The van der Waals surface area contributed by atoms with Crippen LogP contribution < -0.4 is 10.5 Å². The minimum absolute atomic E-state index is 0.0328. The van der Waals surface area contributed by atoms with Crippen LogP contribution >= 0.6 is 0 Å². The van der Waals surface area contributed by atoms with Crippen LogP contribution in [0.15, 0.2) is 74.9 Å². The van der Waals surface area contributed by atoms with Crippen LogP contribution in [0.2, 0.25) is 0 Å². The molecule has 0 fully saturated rings. The molecular formula is C20H15N5O4S. The number of oxazole rings is 1. The van der Waals surface area contributed by atoms with Gasteiger partial charge in [-0.3, -0.25) is 9.71 Å². The topological polar surface area (TPSA) is 123 Å². The molecule has 0 spiro atoms. The fourth-order valence-corrected chi connectivity index (χ4v) is 4.30. The zero-order valence-corrected chi connectivity index (χ0v) is 16.5. The number of H-pyrrole nitrogens is 1. The number of hydrogen-bond donors (Lipinski definition) is 2. The average molecular weight is 421 g/mol. The molecule has 0 amide bonds. The van der Waals surface area contributed by atoms with E-state index in [0.29, 0.717) is 16.9 Å². The molecule has 0 unspecified atom stereocenters. The van der Waals surface area contributed by atoms with Crippen molar-refractivity contribution in [3.63, 3.8) is 0 Å². The zero-order valence-electron chi connectivity index (χ0n) is 15.7. The highest BCUT2D eigenvalue weighted by molar-refractivity contribution is 7.92. The molecule has 0 saturated heterocycles. The number of para-hydroxylation sites is 1. The van der Waals surface area contributed by atoms with E-state index in [4.69, 9.17) is 4.42 Å². The highest BCUT2D eigenvalue weighted by Crippen LogP contribution is 2.25. The molecule has 0 bridgehead atoms. The van der Waals surface area contributed by atoms with Crippen molar-refractivity contribution >= 4 is 37.8 Å². The lowest BCUT2D eigenvalue weighted by atomic mass is 10.2. The van der Waals surface area contributed by atoms with Crippen molar-refractivity contribution in [1.82, 2.24) is 19.7 Å². The summed E-state index contributed by atoms with van der Waals surface area (Å²) in [5.74, 6) is -0.645. The SMILES string of the molecule is Cc1nn(-c2ccccc2)c2ncc(NS(=O)(=O)c3ccc4[nH]c(=O)oc4c3)cc12. The number of aryl methyl sites for hydroxylation is 1. The second kappa shape index (κ2) is 6.56. The summed E-state index contributed by atoms with van der Waals surface area (Å²) < 4.78 is 34.8. The number of hydrogen-bond acceptors (Lipinski definition) is 6. The summed E-state index contributed by atoms with van der Waals surface area (Å²) in [4.78, 5) is 18.2. The maximum absolute atomic E-state index is 12.8. The molecule has 2 aromatic carbocycles. The Morgan fingerprint density at radius 3 is 2.70 bits per heavy atom. The Morgan fingerprint density at radius 1 is 1.10 bits per heavy atom. The third-order valence-electron chi connectivity index (χ3n) is 4.66. The van der Waals surface area contributed by atoms with Gasteiger partial charge in [-0.05, 0) is 37.3 Å². The van der Waals surface area contributed by atoms with Gasteiger partial charge in [0.25, 0.3) is 10.0 Å². The van der Waals surface area contributed by atoms with E-state index in [1.165, 1.54) is 24.4 Å². The molecule has 3 heterocycles. The Balaban J connectivity index is 1.53. The summed E-state index contributed by atoms with van der Waals surface area (Å²) in [6, 6.07) is 15.4. The normalized spacial score (nSPS) is 11.9. The number of aromatic amines is 1. The largest absolute Gasteiger partial charge is 0.417 e. The molecule has 5 aromatic rings. The third-order valence-corrected chi connectivity index (χ3v) is 6.04. The second-order valence-corrected chi connectivity index (χ2v) is 8.39. The highest BCUT2D eigenvalue weighted by Gasteiger charge is 2.18. The molecule has 150 valence electrons. The van der Waals surface area contributed by atoms with Crippen LogP contribution in [0.25, 0.3) is 27.8 Å². The molecule has 30 heavy (non-hydrogen) atoms. The summed E-state index contributed by atoms with van der Waals surface area (Å²) in [6.45, 7) is 1.84. The molecule has 0 radical (unpaired) electrons. The van der Waals surface area contributed by atoms with Crippen LogP contribution in [0.1, 0.15) is 5.69 Å². The molecule has 0 aliphatic rings. The lowest BCUT2D eigenvalue weighted by Crippen LogP contribution is -2.13. The lowest BCUT2D eigenvalue weighted by Gasteiger charge is -2.08. The second-order valence-electron chi connectivity index (χ2n) is 6.71. The first-order valence-corrected chi connectivity index (χ1v) is 10.5. The minimum atomic E-state index is -3.92. The van der Waals surface area contributed by atoms with Gasteiger partial charge in [0.1, 0.15) is 0 Å². The fraction of sp³-hybridized carbons (Fsp3) is 0.0500. The van der Waals surface area contributed by atoms with Gasteiger partial charge in [-0.15, -0.1) is 0 Å². The summed E-state index contributed by atoms with van der Waals surface area (Å²) in [6.07, 6.45) is 1.44. The summed E-state index contributed by atoms with van der Waals surface area (Å²) in [5, 5.41) is 5.25. The molecule has 0 atom stereocenters. The predicted molar refractivity (Wildman–Crippen MR) is 111 cm³/mol. The van der Waals surface area contributed by atoms with Crippen molar-refractivity contribution in [2.75, 3.05) is 4.72 Å². The van der Waals surface area contributed by atoms with Crippen molar-refractivity contribution in [2.24, 2.45) is 0 Å². The van der Waals surface area contributed by atoms with E-state index in [9.17, 15) is 13.2 Å². The first kappa shape index (κ1) is 18.1. The van der Waals surface area contributed by atoms with Gasteiger partial charge in [0.15, 0.2) is 11.2 Å². The van der Waals surface area contributed by atoms with Crippen LogP contribution in [-0.4, -0.2) is 28.2 Å². The van der Waals surface area contributed by atoms with E-state index >= 15 is 0 Å². The number of nitrogens with zero attached hydrogens (tertiary/aromatic N) is 3. The molecule has 10 heteroatoms. The van der Waals surface area contributed by atoms with E-state index in [-0.39, 0.29) is 10.5 Å². The van der Waals surface area contributed by atoms with E-state index in [1.54, 1.807) is 10.7 Å². The van der Waals surface area contributed by atoms with Crippen molar-refractivity contribution in [2.45, 2.75) is 11.8 Å². The van der Waals surface area contributed by atoms with Gasteiger partial charge < -0.3 is 4.42 Å². The standard InChI is InChI=1S/C20H15N5O4S/c1-12-16-9-13(11-21-19(16)25(23-12)14-5-3-2-4-6-14)24-30(27,28)15-7-8-17-18(10-15)29-20(26)22-17/h2-11,24H,1H3,(H,22,26). The van der Waals surface area contributed by atoms with Crippen molar-refractivity contribution in [3.05, 3.63) is 77.0 Å². The van der Waals surface area contributed by atoms with Gasteiger partial charge in [0, 0.05) is 11.5 Å². The van der Waals surface area contributed by atoms with Gasteiger partial charge >= 0.3 is 5.76 Å². The Kier molecular flexibility index (Phi) is 3.97.